The molecule has 1 N–H and O–H groups in total. The SMILES string of the molecule is CC(C)(CNC1CCCCC1C#N)c1cccs1. The standard InChI is InChI=1S/C15H22N2S/c1-15(2,14-8-5-9-18-14)11-17-13-7-4-3-6-12(13)10-16/h5,8-9,12-13,17H,3-4,6-7,11H2,1-2H3. The van der Waals surface area contributed by atoms with E-state index in [1.165, 1.54) is 17.7 Å². The van der Waals surface area contributed by atoms with Crippen LogP contribution in [0.2, 0.25) is 0 Å². The predicted octanol–water partition coefficient (Wildman–Crippen LogP) is 3.70. The normalized spacial score (nSPS) is 24.7. The summed E-state index contributed by atoms with van der Waals surface area (Å²) >= 11 is 1.82. The fourth-order valence-corrected chi connectivity index (χ4v) is 3.52. The van der Waals surface area contributed by atoms with Gasteiger partial charge >= 0.3 is 0 Å². The first-order valence-electron chi connectivity index (χ1n) is 6.80. The minimum absolute atomic E-state index is 0.158. The minimum Gasteiger partial charge on any atom is -0.312 e. The molecule has 1 heterocycles. The van der Waals surface area contributed by atoms with Gasteiger partial charge in [-0.2, -0.15) is 5.26 Å². The van der Waals surface area contributed by atoms with E-state index in [2.05, 4.69) is 42.7 Å². The van der Waals surface area contributed by atoms with Crippen LogP contribution in [0.5, 0.6) is 0 Å². The monoisotopic (exact) mass is 262 g/mol. The molecular formula is C15H22N2S. The van der Waals surface area contributed by atoms with E-state index in [4.69, 9.17) is 0 Å². The second-order valence-corrected chi connectivity index (χ2v) is 6.82. The van der Waals surface area contributed by atoms with Gasteiger partial charge in [0.1, 0.15) is 0 Å². The van der Waals surface area contributed by atoms with Gasteiger partial charge in [0.05, 0.1) is 12.0 Å². The van der Waals surface area contributed by atoms with Crippen molar-refractivity contribution in [2.24, 2.45) is 5.92 Å². The Morgan fingerprint density at radius 2 is 2.22 bits per heavy atom. The molecule has 2 rings (SSSR count). The van der Waals surface area contributed by atoms with Crippen molar-refractivity contribution >= 4 is 11.3 Å². The number of hydrogen-bond acceptors (Lipinski definition) is 3. The van der Waals surface area contributed by atoms with E-state index in [1.54, 1.807) is 0 Å². The van der Waals surface area contributed by atoms with E-state index in [0.29, 0.717) is 6.04 Å². The molecule has 1 aromatic heterocycles. The van der Waals surface area contributed by atoms with Crippen LogP contribution in [0.3, 0.4) is 0 Å². The highest BCUT2D eigenvalue weighted by Gasteiger charge is 2.28. The van der Waals surface area contributed by atoms with Gasteiger partial charge in [0, 0.05) is 22.9 Å². The van der Waals surface area contributed by atoms with E-state index in [1.807, 2.05) is 11.3 Å². The minimum atomic E-state index is 0.158. The van der Waals surface area contributed by atoms with Crippen LogP contribution in [-0.4, -0.2) is 12.6 Å². The third-order valence-electron chi connectivity index (χ3n) is 3.93. The first-order valence-corrected chi connectivity index (χ1v) is 7.68. The summed E-state index contributed by atoms with van der Waals surface area (Å²) in [5, 5.41) is 15.0. The molecule has 0 bridgehead atoms. The van der Waals surface area contributed by atoms with Crippen LogP contribution in [0.1, 0.15) is 44.4 Å². The molecule has 0 amide bonds. The highest BCUT2D eigenvalue weighted by molar-refractivity contribution is 7.10. The Bertz CT molecular complexity index is 403. The Kier molecular flexibility index (Phi) is 4.42. The van der Waals surface area contributed by atoms with Gasteiger partial charge in [-0.05, 0) is 24.3 Å². The number of hydrogen-bond donors (Lipinski definition) is 1. The van der Waals surface area contributed by atoms with Crippen LogP contribution in [0.15, 0.2) is 17.5 Å². The molecule has 1 aliphatic carbocycles. The third kappa shape index (κ3) is 3.13. The number of rotatable bonds is 4. The first-order chi connectivity index (χ1) is 8.63. The fourth-order valence-electron chi connectivity index (χ4n) is 2.67. The summed E-state index contributed by atoms with van der Waals surface area (Å²) in [5.41, 5.74) is 0.158. The molecule has 3 heteroatoms. The average Bonchev–Trinajstić information content (AvgIpc) is 2.91. The van der Waals surface area contributed by atoms with Crippen LogP contribution >= 0.6 is 11.3 Å². The van der Waals surface area contributed by atoms with Crippen molar-refractivity contribution in [3.63, 3.8) is 0 Å². The molecule has 2 atom stereocenters. The van der Waals surface area contributed by atoms with Gasteiger partial charge in [0.25, 0.3) is 0 Å². The second-order valence-electron chi connectivity index (χ2n) is 5.87. The Morgan fingerprint density at radius 3 is 2.89 bits per heavy atom. The van der Waals surface area contributed by atoms with Crippen molar-refractivity contribution in [1.29, 1.82) is 5.26 Å². The number of nitrogens with one attached hydrogen (secondary N) is 1. The Hall–Kier alpha value is -0.850. The zero-order chi connectivity index (χ0) is 13.0. The highest BCUT2D eigenvalue weighted by Crippen LogP contribution is 2.29. The Labute approximate surface area is 114 Å². The van der Waals surface area contributed by atoms with Crippen LogP contribution in [-0.2, 0) is 5.41 Å². The molecular weight excluding hydrogens is 240 g/mol. The van der Waals surface area contributed by atoms with E-state index in [0.717, 1.165) is 19.4 Å². The van der Waals surface area contributed by atoms with Crippen LogP contribution in [0.4, 0.5) is 0 Å². The molecule has 0 spiro atoms. The molecule has 1 saturated carbocycles. The molecule has 2 unspecified atom stereocenters. The molecule has 98 valence electrons. The molecule has 1 aromatic rings. The number of nitriles is 1. The summed E-state index contributed by atoms with van der Waals surface area (Å²) in [6.07, 6.45) is 4.69. The lowest BCUT2D eigenvalue weighted by Crippen LogP contribution is -2.43. The lowest BCUT2D eigenvalue weighted by atomic mass is 9.84. The van der Waals surface area contributed by atoms with Crippen LogP contribution in [0.25, 0.3) is 0 Å². The highest BCUT2D eigenvalue weighted by atomic mass is 32.1. The molecule has 0 saturated heterocycles. The van der Waals surface area contributed by atoms with Gasteiger partial charge in [0.15, 0.2) is 0 Å². The van der Waals surface area contributed by atoms with E-state index in [-0.39, 0.29) is 11.3 Å². The van der Waals surface area contributed by atoms with Gasteiger partial charge in [-0.25, -0.2) is 0 Å². The zero-order valence-corrected chi connectivity index (χ0v) is 12.1. The second kappa shape index (κ2) is 5.86. The molecule has 18 heavy (non-hydrogen) atoms. The van der Waals surface area contributed by atoms with Crippen LogP contribution < -0.4 is 5.32 Å². The van der Waals surface area contributed by atoms with Crippen molar-refractivity contribution in [2.45, 2.75) is 51.0 Å². The lowest BCUT2D eigenvalue weighted by molar-refractivity contribution is 0.293. The summed E-state index contributed by atoms with van der Waals surface area (Å²) in [6, 6.07) is 7.17. The van der Waals surface area contributed by atoms with Crippen molar-refractivity contribution in [2.75, 3.05) is 6.54 Å². The number of nitrogens with zero attached hydrogens (tertiary/aromatic N) is 1. The topological polar surface area (TPSA) is 35.8 Å². The summed E-state index contributed by atoms with van der Waals surface area (Å²) < 4.78 is 0. The van der Waals surface area contributed by atoms with Crippen LogP contribution in [0, 0.1) is 17.2 Å². The van der Waals surface area contributed by atoms with Crippen molar-refractivity contribution in [1.82, 2.24) is 5.32 Å². The van der Waals surface area contributed by atoms with Gasteiger partial charge in [-0.1, -0.05) is 32.8 Å². The molecule has 0 radical (unpaired) electrons. The Balaban J connectivity index is 1.92. The van der Waals surface area contributed by atoms with E-state index >= 15 is 0 Å². The summed E-state index contributed by atoms with van der Waals surface area (Å²) in [7, 11) is 0. The first kappa shape index (κ1) is 13.6. The lowest BCUT2D eigenvalue weighted by Gasteiger charge is -2.32. The summed E-state index contributed by atoms with van der Waals surface area (Å²) in [5.74, 6) is 0.206. The van der Waals surface area contributed by atoms with Gasteiger partial charge < -0.3 is 5.32 Å². The maximum absolute atomic E-state index is 9.19. The molecule has 0 aromatic carbocycles. The fraction of sp³-hybridized carbons (Fsp3) is 0.667. The average molecular weight is 262 g/mol. The van der Waals surface area contributed by atoms with Gasteiger partial charge in [-0.3, -0.25) is 0 Å². The number of thiophene rings is 1. The van der Waals surface area contributed by atoms with Crippen molar-refractivity contribution < 1.29 is 0 Å². The van der Waals surface area contributed by atoms with Gasteiger partial charge in [0.2, 0.25) is 0 Å². The largest absolute Gasteiger partial charge is 0.312 e. The van der Waals surface area contributed by atoms with Crippen molar-refractivity contribution in [3.05, 3.63) is 22.4 Å². The van der Waals surface area contributed by atoms with E-state index in [9.17, 15) is 5.26 Å². The maximum Gasteiger partial charge on any atom is 0.0672 e. The third-order valence-corrected chi connectivity index (χ3v) is 5.16. The van der Waals surface area contributed by atoms with Gasteiger partial charge in [-0.15, -0.1) is 11.3 Å². The summed E-state index contributed by atoms with van der Waals surface area (Å²) in [6.45, 7) is 5.50. The predicted molar refractivity (Wildman–Crippen MR) is 76.7 cm³/mol. The smallest absolute Gasteiger partial charge is 0.0672 e. The molecule has 1 fully saturated rings. The van der Waals surface area contributed by atoms with Crippen molar-refractivity contribution in [3.8, 4) is 6.07 Å². The summed E-state index contributed by atoms with van der Waals surface area (Å²) in [4.78, 5) is 1.42. The zero-order valence-electron chi connectivity index (χ0n) is 11.3. The molecule has 2 nitrogen and oxygen atoms in total. The Morgan fingerprint density at radius 1 is 1.44 bits per heavy atom. The molecule has 0 aliphatic heterocycles. The molecule has 1 aliphatic rings. The quantitative estimate of drug-likeness (QED) is 0.898. The maximum atomic E-state index is 9.19. The van der Waals surface area contributed by atoms with E-state index < -0.39 is 0 Å².